The zero-order valence-electron chi connectivity index (χ0n) is 14.6. The fourth-order valence-corrected chi connectivity index (χ4v) is 2.84. The van der Waals surface area contributed by atoms with Crippen molar-refractivity contribution >= 4 is 23.5 Å². The van der Waals surface area contributed by atoms with Gasteiger partial charge in [-0.1, -0.05) is 6.07 Å². The Kier molecular flexibility index (Phi) is 5.26. The molecule has 2 aromatic rings. The molecule has 1 aliphatic heterocycles. The maximum atomic E-state index is 11.5. The van der Waals surface area contributed by atoms with E-state index in [0.717, 1.165) is 24.5 Å². The van der Waals surface area contributed by atoms with Crippen LogP contribution in [0.3, 0.4) is 0 Å². The molecular formula is C17H21N7O2. The molecule has 9 nitrogen and oxygen atoms in total. The Hall–Kier alpha value is -3.23. The number of nitrogens with one attached hydrogen (secondary N) is 1. The Morgan fingerprint density at radius 2 is 2.00 bits per heavy atom. The van der Waals surface area contributed by atoms with Crippen molar-refractivity contribution in [1.82, 2.24) is 19.9 Å². The second-order valence-electron chi connectivity index (χ2n) is 5.99. The van der Waals surface area contributed by atoms with Crippen LogP contribution in [0.15, 0.2) is 30.7 Å². The molecule has 1 saturated heterocycles. The maximum Gasteiger partial charge on any atom is 0.268 e. The summed E-state index contributed by atoms with van der Waals surface area (Å²) in [5.74, 6) is 0.826. The Morgan fingerprint density at radius 3 is 2.69 bits per heavy atom. The fourth-order valence-electron chi connectivity index (χ4n) is 2.84. The first-order valence-corrected chi connectivity index (χ1v) is 8.34. The number of hydrogen-bond acceptors (Lipinski definition) is 7. The highest BCUT2D eigenvalue weighted by molar-refractivity contribution is 5.90. The number of nitrogens with two attached hydrogens (primary N) is 1. The van der Waals surface area contributed by atoms with E-state index in [1.165, 1.54) is 12.4 Å². The number of carbonyl (C=O) groups is 2. The van der Waals surface area contributed by atoms with Crippen molar-refractivity contribution < 1.29 is 9.59 Å². The number of anilines is 2. The van der Waals surface area contributed by atoms with Gasteiger partial charge in [-0.15, -0.1) is 0 Å². The average molecular weight is 355 g/mol. The molecule has 0 spiro atoms. The molecule has 0 unspecified atom stereocenters. The van der Waals surface area contributed by atoms with E-state index in [0.29, 0.717) is 25.5 Å². The first kappa shape index (κ1) is 17.6. The fraction of sp³-hybridized carbons (Fsp3) is 0.353. The van der Waals surface area contributed by atoms with Gasteiger partial charge in [-0.05, 0) is 6.07 Å². The molecule has 0 bridgehead atoms. The summed E-state index contributed by atoms with van der Waals surface area (Å²) in [5.41, 5.74) is 6.34. The highest BCUT2D eigenvalue weighted by Crippen LogP contribution is 2.20. The maximum absolute atomic E-state index is 11.5. The Balaban J connectivity index is 1.69. The summed E-state index contributed by atoms with van der Waals surface area (Å²) in [6, 6.07) is 3.86. The molecule has 2 aromatic heterocycles. The predicted molar refractivity (Wildman–Crippen MR) is 96.6 cm³/mol. The third-order valence-corrected chi connectivity index (χ3v) is 4.24. The van der Waals surface area contributed by atoms with Gasteiger partial charge in [0.25, 0.3) is 5.91 Å². The van der Waals surface area contributed by atoms with Crippen LogP contribution in [0.5, 0.6) is 0 Å². The van der Waals surface area contributed by atoms with Crippen LogP contribution < -0.4 is 16.0 Å². The van der Waals surface area contributed by atoms with Gasteiger partial charge in [0.2, 0.25) is 5.91 Å². The Labute approximate surface area is 151 Å². The molecule has 136 valence electrons. The quantitative estimate of drug-likeness (QED) is 0.789. The summed E-state index contributed by atoms with van der Waals surface area (Å²) < 4.78 is 0. The van der Waals surface area contributed by atoms with E-state index in [2.05, 4.69) is 25.2 Å². The summed E-state index contributed by atoms with van der Waals surface area (Å²) in [7, 11) is 0. The van der Waals surface area contributed by atoms with Crippen molar-refractivity contribution in [3.8, 4) is 0 Å². The van der Waals surface area contributed by atoms with Crippen LogP contribution in [-0.2, 0) is 11.3 Å². The zero-order chi connectivity index (χ0) is 18.5. The van der Waals surface area contributed by atoms with E-state index in [-0.39, 0.29) is 11.6 Å². The molecule has 0 aliphatic carbocycles. The van der Waals surface area contributed by atoms with Gasteiger partial charge in [0.15, 0.2) is 0 Å². The molecule has 26 heavy (non-hydrogen) atoms. The van der Waals surface area contributed by atoms with Crippen LogP contribution >= 0.6 is 0 Å². The smallest absolute Gasteiger partial charge is 0.268 e. The van der Waals surface area contributed by atoms with E-state index in [4.69, 9.17) is 5.73 Å². The topological polar surface area (TPSA) is 117 Å². The lowest BCUT2D eigenvalue weighted by atomic mass is 10.2. The second-order valence-corrected chi connectivity index (χ2v) is 5.99. The number of rotatable bonds is 5. The van der Waals surface area contributed by atoms with Crippen molar-refractivity contribution in [3.63, 3.8) is 0 Å². The highest BCUT2D eigenvalue weighted by atomic mass is 16.2. The molecule has 3 N–H and O–H groups in total. The molecule has 9 heteroatoms. The first-order valence-electron chi connectivity index (χ1n) is 8.34. The van der Waals surface area contributed by atoms with E-state index in [9.17, 15) is 9.59 Å². The molecule has 0 atom stereocenters. The van der Waals surface area contributed by atoms with Gasteiger partial charge < -0.3 is 20.9 Å². The number of piperazine rings is 1. The van der Waals surface area contributed by atoms with Crippen LogP contribution in [0.25, 0.3) is 0 Å². The number of carbonyl (C=O) groups excluding carboxylic acids is 2. The molecule has 0 saturated carbocycles. The van der Waals surface area contributed by atoms with Crippen LogP contribution in [0.2, 0.25) is 0 Å². The minimum absolute atomic E-state index is 0.0977. The summed E-state index contributed by atoms with van der Waals surface area (Å²) in [5, 5.41) is 3.15. The van der Waals surface area contributed by atoms with Crippen molar-refractivity contribution in [2.24, 2.45) is 5.73 Å². The van der Waals surface area contributed by atoms with E-state index in [1.807, 2.05) is 17.0 Å². The monoisotopic (exact) mass is 355 g/mol. The number of primary amides is 1. The molecule has 2 amide bonds. The van der Waals surface area contributed by atoms with Crippen LogP contribution in [-0.4, -0.2) is 57.8 Å². The zero-order valence-corrected chi connectivity index (χ0v) is 14.6. The number of pyridine rings is 1. The second kappa shape index (κ2) is 7.77. The summed E-state index contributed by atoms with van der Waals surface area (Å²) in [4.78, 5) is 39.3. The van der Waals surface area contributed by atoms with Crippen molar-refractivity contribution in [2.75, 3.05) is 36.4 Å². The minimum atomic E-state index is -0.619. The van der Waals surface area contributed by atoms with Crippen molar-refractivity contribution in [3.05, 3.63) is 42.0 Å². The Morgan fingerprint density at radius 1 is 1.23 bits per heavy atom. The summed E-state index contributed by atoms with van der Waals surface area (Å²) >= 11 is 0. The standard InChI is InChI=1S/C17H21N7O2/c1-12(25)23-5-7-24(8-6-23)17-13(3-2-4-20-17)9-21-15-11-19-10-14(22-15)16(18)26/h2-4,10-11H,5-9H2,1H3,(H2,18,26)(H,21,22). The summed E-state index contributed by atoms with van der Waals surface area (Å²) in [6.07, 6.45) is 4.62. The molecule has 3 rings (SSSR count). The van der Waals surface area contributed by atoms with E-state index >= 15 is 0 Å². The van der Waals surface area contributed by atoms with E-state index in [1.54, 1.807) is 13.1 Å². The normalized spacial score (nSPS) is 14.2. The lowest BCUT2D eigenvalue weighted by molar-refractivity contribution is -0.129. The first-order chi connectivity index (χ1) is 12.5. The van der Waals surface area contributed by atoms with Gasteiger partial charge in [-0.2, -0.15) is 0 Å². The van der Waals surface area contributed by atoms with Crippen molar-refractivity contribution in [1.29, 1.82) is 0 Å². The predicted octanol–water partition coefficient (Wildman–Crippen LogP) is 0.251. The van der Waals surface area contributed by atoms with Crippen LogP contribution in [0.1, 0.15) is 23.0 Å². The molecular weight excluding hydrogens is 334 g/mol. The van der Waals surface area contributed by atoms with Gasteiger partial charge >= 0.3 is 0 Å². The van der Waals surface area contributed by atoms with E-state index < -0.39 is 5.91 Å². The lowest BCUT2D eigenvalue weighted by Crippen LogP contribution is -2.48. The van der Waals surface area contributed by atoms with Crippen molar-refractivity contribution in [2.45, 2.75) is 13.5 Å². The number of nitrogens with zero attached hydrogens (tertiary/aromatic N) is 5. The van der Waals surface area contributed by atoms with Gasteiger partial charge in [-0.25, -0.2) is 9.97 Å². The molecule has 3 heterocycles. The van der Waals surface area contributed by atoms with Gasteiger partial charge in [0, 0.05) is 51.4 Å². The number of hydrogen-bond donors (Lipinski definition) is 2. The molecule has 1 fully saturated rings. The average Bonchev–Trinajstić information content (AvgIpc) is 2.67. The third kappa shape index (κ3) is 4.05. The van der Waals surface area contributed by atoms with Crippen LogP contribution in [0, 0.1) is 0 Å². The molecule has 0 radical (unpaired) electrons. The molecule has 0 aromatic carbocycles. The highest BCUT2D eigenvalue weighted by Gasteiger charge is 2.21. The van der Waals surface area contributed by atoms with Gasteiger partial charge in [0.05, 0.1) is 12.4 Å². The Bertz CT molecular complexity index is 803. The largest absolute Gasteiger partial charge is 0.365 e. The third-order valence-electron chi connectivity index (χ3n) is 4.24. The van der Waals surface area contributed by atoms with Gasteiger partial charge in [-0.3, -0.25) is 14.6 Å². The van der Waals surface area contributed by atoms with Gasteiger partial charge in [0.1, 0.15) is 17.3 Å². The van der Waals surface area contributed by atoms with Crippen LogP contribution in [0.4, 0.5) is 11.6 Å². The molecule has 1 aliphatic rings. The number of amides is 2. The lowest BCUT2D eigenvalue weighted by Gasteiger charge is -2.35. The SMILES string of the molecule is CC(=O)N1CCN(c2ncccc2CNc2cncc(C(N)=O)n2)CC1. The summed E-state index contributed by atoms with van der Waals surface area (Å²) in [6.45, 7) is 4.91. The minimum Gasteiger partial charge on any atom is -0.365 e. The number of aromatic nitrogens is 3.